The Morgan fingerprint density at radius 1 is 1.15 bits per heavy atom. The number of hydrogen-bond acceptors (Lipinski definition) is 9. The highest BCUT2D eigenvalue weighted by molar-refractivity contribution is 5.98. The van der Waals surface area contributed by atoms with Crippen molar-refractivity contribution >= 4 is 34.7 Å². The summed E-state index contributed by atoms with van der Waals surface area (Å²) < 4.78 is 14.5. The Morgan fingerprint density at radius 3 is 2.62 bits per heavy atom. The Kier molecular flexibility index (Phi) is 11.2. The molecular weight excluding hydrogens is 664 g/mol. The minimum Gasteiger partial charge on any atom is -0.455 e. The number of rotatable bonds is 17. The highest BCUT2D eigenvalue weighted by Gasteiger charge is 2.76. The second kappa shape index (κ2) is 15.8. The highest BCUT2D eigenvalue weighted by Crippen LogP contribution is 2.59. The molecule has 1 spiro atoms. The summed E-state index contributed by atoms with van der Waals surface area (Å²) in [5, 5.41) is 22.1. The second-order valence-electron chi connectivity index (χ2n) is 14.0. The zero-order valence-electron chi connectivity index (χ0n) is 29.8. The predicted molar refractivity (Wildman–Crippen MR) is 192 cm³/mol. The van der Waals surface area contributed by atoms with Crippen LogP contribution < -0.4 is 5.32 Å². The largest absolute Gasteiger partial charge is 0.455 e. The normalized spacial score (nSPS) is 25.0. The van der Waals surface area contributed by atoms with Crippen LogP contribution in [0.1, 0.15) is 57.6 Å². The van der Waals surface area contributed by atoms with Gasteiger partial charge in [-0.2, -0.15) is 0 Å². The zero-order valence-corrected chi connectivity index (χ0v) is 29.8. The molecule has 3 amide bonds. The second-order valence-corrected chi connectivity index (χ2v) is 14.0. The maximum atomic E-state index is 15.0. The standard InChI is InChI=1S/C39H48N6O7/c1-5-8-18-32(47)40-22-31(26-14-10-9-11-15-26)51-38(50)33-30-19-20-39(52-30)34(33)36(48)45(29(23-46)25(4)7-3)35(39)37(49)43(21-6-2)24-44-28-17-13-12-16-27(28)41-42-44/h5-6,9-17,25,29-31,33-35,46H,1-2,7-8,18-24H2,3-4H3,(H,40,47)/t25-,29-,30-,31-,33+,34+,35-,39+/m0/s1. The van der Waals surface area contributed by atoms with E-state index >= 15 is 0 Å². The van der Waals surface area contributed by atoms with Gasteiger partial charge in [-0.25, -0.2) is 4.68 Å². The smallest absolute Gasteiger partial charge is 0.313 e. The summed E-state index contributed by atoms with van der Waals surface area (Å²) in [6, 6.07) is 14.7. The topological polar surface area (TPSA) is 156 Å². The molecule has 3 fully saturated rings. The molecule has 276 valence electrons. The Labute approximate surface area is 303 Å². The van der Waals surface area contributed by atoms with Gasteiger partial charge < -0.3 is 29.7 Å². The summed E-state index contributed by atoms with van der Waals surface area (Å²) in [5.41, 5.74) is 0.766. The number of esters is 1. The number of likely N-dealkylation sites (tertiary alicyclic amines) is 1. The number of para-hydroxylation sites is 1. The summed E-state index contributed by atoms with van der Waals surface area (Å²) >= 11 is 0. The number of carbonyl (C=O) groups excluding carboxylic acids is 4. The number of benzene rings is 2. The molecule has 13 nitrogen and oxygen atoms in total. The molecule has 3 aromatic rings. The quantitative estimate of drug-likeness (QED) is 0.158. The maximum absolute atomic E-state index is 15.0. The van der Waals surface area contributed by atoms with E-state index in [2.05, 4.69) is 28.8 Å². The minimum atomic E-state index is -1.32. The van der Waals surface area contributed by atoms with Crippen LogP contribution in [0, 0.1) is 17.8 Å². The van der Waals surface area contributed by atoms with Crippen molar-refractivity contribution in [3.63, 3.8) is 0 Å². The van der Waals surface area contributed by atoms with Crippen LogP contribution in [0.4, 0.5) is 0 Å². The fraction of sp³-hybridized carbons (Fsp3) is 0.487. The van der Waals surface area contributed by atoms with E-state index in [9.17, 15) is 24.3 Å². The Morgan fingerprint density at radius 2 is 1.90 bits per heavy atom. The first-order valence-corrected chi connectivity index (χ1v) is 18.1. The molecule has 6 rings (SSSR count). The van der Waals surface area contributed by atoms with Crippen LogP contribution in [-0.4, -0.2) is 97.1 Å². The average molecular weight is 713 g/mol. The molecule has 0 unspecified atom stereocenters. The highest BCUT2D eigenvalue weighted by atomic mass is 16.6. The van der Waals surface area contributed by atoms with Crippen molar-refractivity contribution < 1.29 is 33.8 Å². The lowest BCUT2D eigenvalue weighted by Gasteiger charge is -2.40. The zero-order chi connectivity index (χ0) is 37.0. The lowest BCUT2D eigenvalue weighted by Crippen LogP contribution is -2.60. The molecule has 13 heteroatoms. The van der Waals surface area contributed by atoms with Gasteiger partial charge in [0.15, 0.2) is 0 Å². The Bertz CT molecular complexity index is 1800. The number of amides is 3. The van der Waals surface area contributed by atoms with Crippen LogP contribution >= 0.6 is 0 Å². The Hall–Kier alpha value is -4.88. The van der Waals surface area contributed by atoms with E-state index in [0.717, 1.165) is 5.52 Å². The van der Waals surface area contributed by atoms with Crippen LogP contribution in [0.15, 0.2) is 79.9 Å². The van der Waals surface area contributed by atoms with Crippen molar-refractivity contribution in [3.8, 4) is 0 Å². The molecule has 0 saturated carbocycles. The Balaban J connectivity index is 1.33. The molecule has 0 radical (unpaired) electrons. The first kappa shape index (κ1) is 36.9. The third-order valence-corrected chi connectivity index (χ3v) is 11.0. The van der Waals surface area contributed by atoms with Gasteiger partial charge in [-0.15, -0.1) is 18.3 Å². The van der Waals surface area contributed by atoms with E-state index in [1.807, 2.05) is 68.4 Å². The SMILES string of the molecule is C=CCCC(=O)NC[C@H](OC(=O)[C@@H]1[C@@H]2CC[C@]3(O2)[C@H](C(=O)N(CC=C)Cn2nnc4ccccc42)N([C@@H](CO)[C@@H](C)CC)C(=O)[C@@H]13)c1ccccc1. The fourth-order valence-electron chi connectivity index (χ4n) is 8.18. The van der Waals surface area contributed by atoms with Crippen molar-refractivity contribution in [3.05, 3.63) is 85.5 Å². The molecule has 1 aromatic heterocycles. The van der Waals surface area contributed by atoms with Crippen LogP contribution in [0.2, 0.25) is 0 Å². The van der Waals surface area contributed by atoms with Gasteiger partial charge in [0.05, 0.1) is 42.6 Å². The van der Waals surface area contributed by atoms with E-state index in [1.165, 1.54) is 4.90 Å². The maximum Gasteiger partial charge on any atom is 0.313 e. The van der Waals surface area contributed by atoms with Gasteiger partial charge in [0.25, 0.3) is 0 Å². The van der Waals surface area contributed by atoms with Crippen molar-refractivity contribution in [2.24, 2.45) is 17.8 Å². The van der Waals surface area contributed by atoms with E-state index in [-0.39, 0.29) is 44.6 Å². The number of ether oxygens (including phenoxy) is 2. The molecule has 3 saturated heterocycles. The van der Waals surface area contributed by atoms with E-state index in [0.29, 0.717) is 36.8 Å². The number of fused-ring (bicyclic) bond motifs is 2. The van der Waals surface area contributed by atoms with Crippen molar-refractivity contribution in [1.82, 2.24) is 30.1 Å². The van der Waals surface area contributed by atoms with E-state index in [4.69, 9.17) is 9.47 Å². The molecular formula is C39H48N6O7. The summed E-state index contributed by atoms with van der Waals surface area (Å²) in [4.78, 5) is 59.7. The third kappa shape index (κ3) is 6.74. The number of aliphatic hydroxyl groups excluding tert-OH is 1. The molecule has 0 aliphatic carbocycles. The van der Waals surface area contributed by atoms with E-state index < -0.39 is 59.5 Å². The molecule has 2 bridgehead atoms. The first-order chi connectivity index (χ1) is 25.2. The average Bonchev–Trinajstić information content (AvgIpc) is 3.92. The van der Waals surface area contributed by atoms with Crippen LogP contribution in [0.3, 0.4) is 0 Å². The number of aromatic nitrogens is 3. The predicted octanol–water partition coefficient (Wildman–Crippen LogP) is 3.55. The van der Waals surface area contributed by atoms with Gasteiger partial charge >= 0.3 is 5.97 Å². The van der Waals surface area contributed by atoms with Crippen molar-refractivity contribution in [1.29, 1.82) is 0 Å². The number of carbonyl (C=O) groups is 4. The summed E-state index contributed by atoms with van der Waals surface area (Å²) in [5.74, 6) is -3.81. The van der Waals surface area contributed by atoms with Gasteiger partial charge in [0, 0.05) is 13.0 Å². The minimum absolute atomic E-state index is 0.0317. The summed E-state index contributed by atoms with van der Waals surface area (Å²) in [7, 11) is 0. The number of allylic oxidation sites excluding steroid dienone is 1. The molecule has 3 aliphatic rings. The monoisotopic (exact) mass is 712 g/mol. The molecule has 4 heterocycles. The molecule has 8 atom stereocenters. The van der Waals surface area contributed by atoms with Gasteiger partial charge in [-0.1, -0.05) is 80.1 Å². The van der Waals surface area contributed by atoms with Crippen LogP contribution in [0.5, 0.6) is 0 Å². The number of aliphatic hydroxyl groups is 1. The number of nitrogens with one attached hydrogen (secondary N) is 1. The van der Waals surface area contributed by atoms with Crippen LogP contribution in [0.25, 0.3) is 11.0 Å². The first-order valence-electron chi connectivity index (χ1n) is 18.1. The van der Waals surface area contributed by atoms with Gasteiger partial charge in [-0.05, 0) is 42.9 Å². The molecule has 2 N–H and O–H groups in total. The van der Waals surface area contributed by atoms with Crippen molar-refractivity contribution in [2.45, 2.75) is 82.5 Å². The molecule has 3 aliphatic heterocycles. The lowest BCUT2D eigenvalue weighted by atomic mass is 9.70. The number of hydrogen-bond donors (Lipinski definition) is 2. The van der Waals surface area contributed by atoms with E-state index in [1.54, 1.807) is 21.7 Å². The number of nitrogens with zero attached hydrogens (tertiary/aromatic N) is 5. The molecule has 2 aromatic carbocycles. The van der Waals surface area contributed by atoms with Gasteiger partial charge in [-0.3, -0.25) is 19.2 Å². The van der Waals surface area contributed by atoms with Crippen molar-refractivity contribution in [2.75, 3.05) is 19.7 Å². The van der Waals surface area contributed by atoms with Crippen LogP contribution in [-0.2, 0) is 35.3 Å². The molecule has 52 heavy (non-hydrogen) atoms. The van der Waals surface area contributed by atoms with Gasteiger partial charge in [0.2, 0.25) is 17.7 Å². The summed E-state index contributed by atoms with van der Waals surface area (Å²) in [6.45, 7) is 11.3. The lowest BCUT2D eigenvalue weighted by molar-refractivity contribution is -0.161. The van der Waals surface area contributed by atoms with Gasteiger partial charge in [0.1, 0.15) is 29.9 Å². The fourth-order valence-corrected chi connectivity index (χ4v) is 8.18. The summed E-state index contributed by atoms with van der Waals surface area (Å²) in [6.07, 6.45) is 4.01. The third-order valence-electron chi connectivity index (χ3n) is 11.0.